The highest BCUT2D eigenvalue weighted by Gasteiger charge is 2.44. The molecule has 2 aromatic carbocycles. The fourth-order valence-corrected chi connectivity index (χ4v) is 3.51. The number of hydrogen-bond acceptors (Lipinski definition) is 1. The third-order valence-electron chi connectivity index (χ3n) is 4.75. The predicted molar refractivity (Wildman–Crippen MR) is 88.8 cm³/mol. The van der Waals surface area contributed by atoms with Crippen LogP contribution in [0.25, 0.3) is 0 Å². The van der Waals surface area contributed by atoms with Crippen LogP contribution in [0.15, 0.2) is 48.5 Å². The minimum Gasteiger partial charge on any atom is -0.318 e. The van der Waals surface area contributed by atoms with Crippen molar-refractivity contribution in [2.45, 2.75) is 25.9 Å². The molecule has 1 aliphatic rings. The summed E-state index contributed by atoms with van der Waals surface area (Å²) in [7, 11) is 3.79. The van der Waals surface area contributed by atoms with Gasteiger partial charge in [0.1, 0.15) is 0 Å². The minimum atomic E-state index is 0.0415. The number of likely N-dealkylation sites (N-methyl/N-ethyl adjacent to an activating group) is 2. The summed E-state index contributed by atoms with van der Waals surface area (Å²) in [5.41, 5.74) is 4.88. The standard InChI is InChI=1S/C19H22N2O/c1-13-9-5-7-11-15(13)17-18(21(4)19(22)20(17)3)16-12-8-6-10-14(16)2/h5-12,17-18H,1-4H3/t17-,18-/m1/s1. The molecule has 0 radical (unpaired) electrons. The summed E-state index contributed by atoms with van der Waals surface area (Å²) in [6.07, 6.45) is 0. The molecule has 3 nitrogen and oxygen atoms in total. The average Bonchev–Trinajstić information content (AvgIpc) is 2.73. The molecule has 1 heterocycles. The van der Waals surface area contributed by atoms with Crippen LogP contribution in [0.1, 0.15) is 34.3 Å². The number of amides is 2. The maximum atomic E-state index is 12.5. The third-order valence-corrected chi connectivity index (χ3v) is 4.75. The fraction of sp³-hybridized carbons (Fsp3) is 0.316. The number of nitrogens with zero attached hydrogens (tertiary/aromatic N) is 2. The molecule has 0 saturated carbocycles. The van der Waals surface area contributed by atoms with Crippen molar-refractivity contribution in [2.24, 2.45) is 0 Å². The molecule has 22 heavy (non-hydrogen) atoms. The summed E-state index contributed by atoms with van der Waals surface area (Å²) in [6.45, 7) is 4.22. The molecule has 2 aromatic rings. The van der Waals surface area contributed by atoms with Gasteiger partial charge in [-0.25, -0.2) is 4.79 Å². The quantitative estimate of drug-likeness (QED) is 0.818. The zero-order valence-electron chi connectivity index (χ0n) is 13.6. The van der Waals surface area contributed by atoms with Crippen LogP contribution in [-0.4, -0.2) is 29.9 Å². The van der Waals surface area contributed by atoms with Crippen molar-refractivity contribution >= 4 is 6.03 Å². The summed E-state index contributed by atoms with van der Waals surface area (Å²) in [4.78, 5) is 16.3. The van der Waals surface area contributed by atoms with E-state index in [4.69, 9.17) is 0 Å². The number of aryl methyl sites for hydroxylation is 2. The Morgan fingerprint density at radius 3 is 1.45 bits per heavy atom. The Hall–Kier alpha value is -2.29. The van der Waals surface area contributed by atoms with Crippen molar-refractivity contribution in [3.8, 4) is 0 Å². The Labute approximate surface area is 132 Å². The van der Waals surface area contributed by atoms with Crippen LogP contribution in [0.4, 0.5) is 4.79 Å². The van der Waals surface area contributed by atoms with Gasteiger partial charge in [0.15, 0.2) is 0 Å². The molecule has 2 atom stereocenters. The largest absolute Gasteiger partial charge is 0.320 e. The lowest BCUT2D eigenvalue weighted by Gasteiger charge is -2.28. The molecule has 1 fully saturated rings. The summed E-state index contributed by atoms with van der Waals surface area (Å²) in [6, 6.07) is 16.8. The van der Waals surface area contributed by atoms with Gasteiger partial charge in [-0.3, -0.25) is 0 Å². The number of rotatable bonds is 2. The van der Waals surface area contributed by atoms with E-state index >= 15 is 0 Å². The van der Waals surface area contributed by atoms with Gasteiger partial charge in [-0.15, -0.1) is 0 Å². The zero-order chi connectivity index (χ0) is 15.9. The molecule has 0 unspecified atom stereocenters. The van der Waals surface area contributed by atoms with Gasteiger partial charge in [-0.1, -0.05) is 48.5 Å². The van der Waals surface area contributed by atoms with E-state index in [0.29, 0.717) is 0 Å². The first-order valence-electron chi connectivity index (χ1n) is 7.63. The van der Waals surface area contributed by atoms with Gasteiger partial charge >= 0.3 is 6.03 Å². The smallest absolute Gasteiger partial charge is 0.318 e. The van der Waals surface area contributed by atoms with E-state index in [0.717, 1.165) is 0 Å². The lowest BCUT2D eigenvalue weighted by molar-refractivity contribution is 0.199. The van der Waals surface area contributed by atoms with Crippen LogP contribution in [-0.2, 0) is 0 Å². The van der Waals surface area contributed by atoms with Gasteiger partial charge in [0.2, 0.25) is 0 Å². The van der Waals surface area contributed by atoms with Gasteiger partial charge in [0.25, 0.3) is 0 Å². The first kappa shape index (κ1) is 14.6. The van der Waals surface area contributed by atoms with Crippen molar-refractivity contribution < 1.29 is 4.79 Å². The van der Waals surface area contributed by atoms with E-state index in [1.54, 1.807) is 0 Å². The Morgan fingerprint density at radius 2 is 1.09 bits per heavy atom. The Morgan fingerprint density at radius 1 is 0.727 bits per heavy atom. The van der Waals surface area contributed by atoms with Crippen LogP contribution >= 0.6 is 0 Å². The van der Waals surface area contributed by atoms with Crippen molar-refractivity contribution in [1.29, 1.82) is 0 Å². The molecule has 0 aliphatic carbocycles. The van der Waals surface area contributed by atoms with Crippen LogP contribution in [0.3, 0.4) is 0 Å². The van der Waals surface area contributed by atoms with Gasteiger partial charge in [0.05, 0.1) is 12.1 Å². The predicted octanol–water partition coefficient (Wildman–Crippen LogP) is 4.08. The molecule has 3 heteroatoms. The van der Waals surface area contributed by atoms with Crippen LogP contribution in [0.5, 0.6) is 0 Å². The number of hydrogen-bond donors (Lipinski definition) is 0. The van der Waals surface area contributed by atoms with E-state index < -0.39 is 0 Å². The highest BCUT2D eigenvalue weighted by molar-refractivity contribution is 5.78. The van der Waals surface area contributed by atoms with E-state index in [2.05, 4.69) is 38.1 Å². The molecule has 0 aromatic heterocycles. The lowest BCUT2D eigenvalue weighted by atomic mass is 9.89. The topological polar surface area (TPSA) is 23.6 Å². The molecule has 0 bridgehead atoms. The highest BCUT2D eigenvalue weighted by Crippen LogP contribution is 2.44. The highest BCUT2D eigenvalue weighted by atomic mass is 16.2. The fourth-order valence-electron chi connectivity index (χ4n) is 3.51. The number of urea groups is 1. The number of carbonyl (C=O) groups is 1. The Bertz CT molecular complexity index is 651. The zero-order valence-corrected chi connectivity index (χ0v) is 13.6. The maximum absolute atomic E-state index is 12.5. The Kier molecular flexibility index (Phi) is 3.65. The summed E-state index contributed by atoms with van der Waals surface area (Å²) < 4.78 is 0. The maximum Gasteiger partial charge on any atom is 0.320 e. The van der Waals surface area contributed by atoms with E-state index in [1.807, 2.05) is 48.2 Å². The molecular formula is C19H22N2O. The van der Waals surface area contributed by atoms with E-state index in [-0.39, 0.29) is 18.1 Å². The average molecular weight is 294 g/mol. The number of carbonyl (C=O) groups excluding carboxylic acids is 1. The normalized spacial score (nSPS) is 21.5. The van der Waals surface area contributed by atoms with Crippen LogP contribution in [0.2, 0.25) is 0 Å². The molecule has 0 N–H and O–H groups in total. The van der Waals surface area contributed by atoms with Crippen molar-refractivity contribution in [3.63, 3.8) is 0 Å². The van der Waals surface area contributed by atoms with Gasteiger partial charge in [-0.2, -0.15) is 0 Å². The number of benzene rings is 2. The molecule has 3 rings (SSSR count). The van der Waals surface area contributed by atoms with Crippen LogP contribution in [0, 0.1) is 13.8 Å². The molecule has 1 saturated heterocycles. The van der Waals surface area contributed by atoms with Crippen molar-refractivity contribution in [1.82, 2.24) is 9.80 Å². The lowest BCUT2D eigenvalue weighted by Crippen LogP contribution is -2.27. The SMILES string of the molecule is Cc1ccccc1[C@@H]1[C@@H](c2ccccc2C)N(C)C(=O)N1C. The Balaban J connectivity index is 2.15. The van der Waals surface area contributed by atoms with Crippen LogP contribution < -0.4 is 0 Å². The molecule has 2 amide bonds. The van der Waals surface area contributed by atoms with Gasteiger partial charge in [-0.05, 0) is 36.1 Å². The van der Waals surface area contributed by atoms with Crippen molar-refractivity contribution in [2.75, 3.05) is 14.1 Å². The van der Waals surface area contributed by atoms with Gasteiger partial charge in [0, 0.05) is 14.1 Å². The molecule has 0 spiro atoms. The molecule has 1 aliphatic heterocycles. The monoisotopic (exact) mass is 294 g/mol. The summed E-state index contributed by atoms with van der Waals surface area (Å²) in [5.74, 6) is 0. The second kappa shape index (κ2) is 5.48. The first-order valence-corrected chi connectivity index (χ1v) is 7.63. The van der Waals surface area contributed by atoms with Crippen molar-refractivity contribution in [3.05, 3.63) is 70.8 Å². The molecular weight excluding hydrogens is 272 g/mol. The summed E-state index contributed by atoms with van der Waals surface area (Å²) in [5, 5.41) is 0. The first-order chi connectivity index (χ1) is 10.5. The molecule has 114 valence electrons. The second-order valence-electron chi connectivity index (χ2n) is 6.11. The van der Waals surface area contributed by atoms with E-state index in [1.165, 1.54) is 22.3 Å². The second-order valence-corrected chi connectivity index (χ2v) is 6.11. The minimum absolute atomic E-state index is 0.0415. The summed E-state index contributed by atoms with van der Waals surface area (Å²) >= 11 is 0. The van der Waals surface area contributed by atoms with E-state index in [9.17, 15) is 4.79 Å². The van der Waals surface area contributed by atoms with Gasteiger partial charge < -0.3 is 9.80 Å². The third kappa shape index (κ3) is 2.17.